The van der Waals surface area contributed by atoms with Crippen LogP contribution < -0.4 is 4.74 Å². The predicted octanol–water partition coefficient (Wildman–Crippen LogP) is 2.67. The third-order valence-corrected chi connectivity index (χ3v) is 1.96. The number of rotatable bonds is 1. The van der Waals surface area contributed by atoms with E-state index in [2.05, 4.69) is 0 Å². The van der Waals surface area contributed by atoms with Crippen LogP contribution in [0.25, 0.3) is 11.0 Å². The van der Waals surface area contributed by atoms with E-state index in [9.17, 15) is 4.79 Å². The summed E-state index contributed by atoms with van der Waals surface area (Å²) in [6.07, 6.45) is 0. The number of para-hydroxylation sites is 1. The van der Waals surface area contributed by atoms with Crippen LogP contribution in [0.5, 0.6) is 5.75 Å². The van der Waals surface area contributed by atoms with Crippen molar-refractivity contribution in [2.45, 2.75) is 13.8 Å². The minimum absolute atomic E-state index is 0.334. The van der Waals surface area contributed by atoms with E-state index in [-0.39, 0.29) is 5.97 Å². The molecule has 0 bridgehead atoms. The van der Waals surface area contributed by atoms with Crippen LogP contribution in [0.2, 0.25) is 0 Å². The summed E-state index contributed by atoms with van der Waals surface area (Å²) < 4.78 is 10.5. The zero-order valence-electron chi connectivity index (χ0n) is 8.03. The number of fused-ring (bicyclic) bond motifs is 1. The van der Waals surface area contributed by atoms with Gasteiger partial charge in [-0.05, 0) is 19.1 Å². The molecule has 0 aliphatic carbocycles. The highest BCUT2D eigenvalue weighted by atomic mass is 16.5. The van der Waals surface area contributed by atoms with Crippen LogP contribution in [-0.2, 0) is 4.79 Å². The van der Waals surface area contributed by atoms with Crippen molar-refractivity contribution in [2.24, 2.45) is 0 Å². The molecule has 0 radical (unpaired) electrons. The van der Waals surface area contributed by atoms with Gasteiger partial charge in [-0.3, -0.25) is 4.79 Å². The Kier molecular flexibility index (Phi) is 2.00. The van der Waals surface area contributed by atoms with Crippen molar-refractivity contribution in [2.75, 3.05) is 0 Å². The molecule has 1 aromatic heterocycles. The fourth-order valence-corrected chi connectivity index (χ4v) is 1.41. The minimum Gasteiger partial charge on any atom is -0.457 e. The maximum Gasteiger partial charge on any atom is 0.308 e. The van der Waals surface area contributed by atoms with E-state index < -0.39 is 0 Å². The number of esters is 1. The first-order chi connectivity index (χ1) is 6.68. The standard InChI is InChI=1S/C11H10O3/c1-7-11(14-8(2)12)9-5-3-4-6-10(9)13-7/h3-6H,1-2H3. The average molecular weight is 190 g/mol. The van der Waals surface area contributed by atoms with Crippen molar-refractivity contribution in [1.29, 1.82) is 0 Å². The topological polar surface area (TPSA) is 39.4 Å². The molecule has 0 aliphatic rings. The largest absolute Gasteiger partial charge is 0.457 e. The van der Waals surface area contributed by atoms with Crippen LogP contribution in [0.4, 0.5) is 0 Å². The first-order valence-electron chi connectivity index (χ1n) is 4.35. The Balaban J connectivity index is 2.62. The summed E-state index contributed by atoms with van der Waals surface area (Å²) in [6.45, 7) is 3.15. The molecule has 1 heterocycles. The van der Waals surface area contributed by atoms with Gasteiger partial charge in [0.25, 0.3) is 0 Å². The van der Waals surface area contributed by atoms with Gasteiger partial charge in [-0.1, -0.05) is 12.1 Å². The molecule has 14 heavy (non-hydrogen) atoms. The monoisotopic (exact) mass is 190 g/mol. The normalized spacial score (nSPS) is 10.4. The van der Waals surface area contributed by atoms with E-state index in [1.807, 2.05) is 24.3 Å². The number of furan rings is 1. The Morgan fingerprint density at radius 1 is 1.36 bits per heavy atom. The first-order valence-corrected chi connectivity index (χ1v) is 4.35. The maximum atomic E-state index is 10.8. The Morgan fingerprint density at radius 2 is 2.07 bits per heavy atom. The lowest BCUT2D eigenvalue weighted by molar-refractivity contribution is -0.131. The summed E-state index contributed by atoms with van der Waals surface area (Å²) >= 11 is 0. The summed E-state index contributed by atoms with van der Waals surface area (Å²) in [4.78, 5) is 10.8. The molecule has 3 heteroatoms. The Morgan fingerprint density at radius 3 is 2.79 bits per heavy atom. The molecular weight excluding hydrogens is 180 g/mol. The lowest BCUT2D eigenvalue weighted by Gasteiger charge is -1.97. The number of carbonyl (C=O) groups excluding carboxylic acids is 1. The number of hydrogen-bond acceptors (Lipinski definition) is 3. The molecule has 1 aromatic carbocycles. The second kappa shape index (κ2) is 3.18. The minimum atomic E-state index is -0.334. The second-order valence-corrected chi connectivity index (χ2v) is 3.08. The molecule has 0 N–H and O–H groups in total. The summed E-state index contributed by atoms with van der Waals surface area (Å²) in [6, 6.07) is 7.46. The van der Waals surface area contributed by atoms with Gasteiger partial charge in [0.1, 0.15) is 11.3 Å². The van der Waals surface area contributed by atoms with Gasteiger partial charge < -0.3 is 9.15 Å². The molecule has 0 spiro atoms. The van der Waals surface area contributed by atoms with E-state index in [1.54, 1.807) is 6.92 Å². The average Bonchev–Trinajstić information content (AvgIpc) is 2.43. The van der Waals surface area contributed by atoms with Gasteiger partial charge in [0.05, 0.1) is 5.39 Å². The Bertz CT molecular complexity index is 482. The van der Waals surface area contributed by atoms with Gasteiger partial charge in [-0.2, -0.15) is 0 Å². The van der Waals surface area contributed by atoms with E-state index in [4.69, 9.17) is 9.15 Å². The van der Waals surface area contributed by atoms with Gasteiger partial charge in [0, 0.05) is 6.92 Å². The van der Waals surface area contributed by atoms with Crippen LogP contribution in [-0.4, -0.2) is 5.97 Å². The van der Waals surface area contributed by atoms with Crippen molar-refractivity contribution in [1.82, 2.24) is 0 Å². The molecule has 72 valence electrons. The molecule has 0 aliphatic heterocycles. The van der Waals surface area contributed by atoms with E-state index >= 15 is 0 Å². The number of hydrogen-bond donors (Lipinski definition) is 0. The van der Waals surface area contributed by atoms with Crippen molar-refractivity contribution < 1.29 is 13.9 Å². The first kappa shape index (κ1) is 8.81. The van der Waals surface area contributed by atoms with Gasteiger partial charge in [-0.15, -0.1) is 0 Å². The lowest BCUT2D eigenvalue weighted by atomic mass is 10.2. The summed E-state index contributed by atoms with van der Waals surface area (Å²) in [5.74, 6) is 0.814. The summed E-state index contributed by atoms with van der Waals surface area (Å²) in [7, 11) is 0. The highest BCUT2D eigenvalue weighted by Crippen LogP contribution is 2.32. The highest BCUT2D eigenvalue weighted by molar-refractivity contribution is 5.87. The molecule has 3 nitrogen and oxygen atoms in total. The van der Waals surface area contributed by atoms with Crippen LogP contribution in [0.3, 0.4) is 0 Å². The zero-order chi connectivity index (χ0) is 10.1. The zero-order valence-corrected chi connectivity index (χ0v) is 8.03. The molecule has 0 amide bonds. The fourth-order valence-electron chi connectivity index (χ4n) is 1.41. The summed E-state index contributed by atoms with van der Waals surface area (Å²) in [5.41, 5.74) is 0.737. The van der Waals surface area contributed by atoms with Crippen molar-refractivity contribution in [3.05, 3.63) is 30.0 Å². The number of benzene rings is 1. The van der Waals surface area contributed by atoms with Gasteiger partial charge in [0.2, 0.25) is 0 Å². The molecule has 2 aromatic rings. The second-order valence-electron chi connectivity index (χ2n) is 3.08. The molecule has 0 saturated heterocycles. The van der Waals surface area contributed by atoms with Crippen molar-refractivity contribution in [3.8, 4) is 5.75 Å². The molecular formula is C11H10O3. The van der Waals surface area contributed by atoms with E-state index in [0.29, 0.717) is 11.5 Å². The molecule has 0 atom stereocenters. The highest BCUT2D eigenvalue weighted by Gasteiger charge is 2.12. The van der Waals surface area contributed by atoms with E-state index in [0.717, 1.165) is 11.0 Å². The number of carbonyl (C=O) groups is 1. The third kappa shape index (κ3) is 1.37. The van der Waals surface area contributed by atoms with Crippen LogP contribution in [0.15, 0.2) is 28.7 Å². The Hall–Kier alpha value is -1.77. The molecule has 0 saturated carbocycles. The molecule has 0 unspecified atom stereocenters. The number of aryl methyl sites for hydroxylation is 1. The fraction of sp³-hybridized carbons (Fsp3) is 0.182. The van der Waals surface area contributed by atoms with Gasteiger partial charge in [0.15, 0.2) is 5.75 Å². The van der Waals surface area contributed by atoms with Crippen LogP contribution in [0, 0.1) is 6.92 Å². The van der Waals surface area contributed by atoms with Crippen molar-refractivity contribution in [3.63, 3.8) is 0 Å². The van der Waals surface area contributed by atoms with Crippen molar-refractivity contribution >= 4 is 16.9 Å². The quantitative estimate of drug-likeness (QED) is 0.649. The van der Waals surface area contributed by atoms with Crippen LogP contribution in [0.1, 0.15) is 12.7 Å². The predicted molar refractivity (Wildman–Crippen MR) is 52.3 cm³/mol. The van der Waals surface area contributed by atoms with Crippen LogP contribution >= 0.6 is 0 Å². The summed E-state index contributed by atoms with van der Waals surface area (Å²) in [5, 5.41) is 0.834. The van der Waals surface area contributed by atoms with E-state index in [1.165, 1.54) is 6.92 Å². The van der Waals surface area contributed by atoms with Gasteiger partial charge >= 0.3 is 5.97 Å². The SMILES string of the molecule is CC(=O)Oc1c(C)oc2ccccc12. The van der Waals surface area contributed by atoms with Gasteiger partial charge in [-0.25, -0.2) is 0 Å². The molecule has 0 fully saturated rings. The third-order valence-electron chi connectivity index (χ3n) is 1.96. The number of ether oxygens (including phenoxy) is 1. The lowest BCUT2D eigenvalue weighted by Crippen LogP contribution is -2.01. The maximum absolute atomic E-state index is 10.8. The smallest absolute Gasteiger partial charge is 0.308 e. The Labute approximate surface area is 81.3 Å². The molecule has 2 rings (SSSR count).